The summed E-state index contributed by atoms with van der Waals surface area (Å²) in [6.45, 7) is 0.660. The number of likely N-dealkylation sites (N-methyl/N-ethyl adjacent to an activating group) is 1. The molecule has 4 nitrogen and oxygen atoms in total. The van der Waals surface area contributed by atoms with Crippen molar-refractivity contribution in [1.29, 1.82) is 0 Å². The predicted octanol–water partition coefficient (Wildman–Crippen LogP) is 4.50. The molecule has 0 aliphatic rings. The van der Waals surface area contributed by atoms with Gasteiger partial charge in [-0.1, -0.05) is 54.6 Å². The molecule has 3 rings (SSSR count). The fourth-order valence-corrected chi connectivity index (χ4v) is 3.22. The number of hydrogen-bond acceptors (Lipinski definition) is 3. The summed E-state index contributed by atoms with van der Waals surface area (Å²) in [5.74, 6) is -0.302. The molecule has 0 saturated carbocycles. The fourth-order valence-electron chi connectivity index (χ4n) is 3.22. The highest BCUT2D eigenvalue weighted by Gasteiger charge is 2.11. The minimum absolute atomic E-state index is 0.109. The van der Waals surface area contributed by atoms with Crippen molar-refractivity contribution in [2.24, 2.45) is 0 Å². The monoisotopic (exact) mass is 392 g/mol. The maximum atomic E-state index is 13.9. The lowest BCUT2D eigenvalue weighted by Crippen LogP contribution is -2.30. The molecule has 0 aliphatic carbocycles. The molecule has 3 aromatic rings. The SMILES string of the molecule is COc1ccc(CN(C)CC(=O)Nc2ccccc2Cc2ccccc2)cc1F. The normalized spacial score (nSPS) is 10.8. The molecule has 0 bridgehead atoms. The second kappa shape index (κ2) is 9.85. The van der Waals surface area contributed by atoms with Gasteiger partial charge in [-0.15, -0.1) is 0 Å². The van der Waals surface area contributed by atoms with E-state index in [9.17, 15) is 9.18 Å². The second-order valence-corrected chi connectivity index (χ2v) is 7.01. The first-order valence-corrected chi connectivity index (χ1v) is 9.48. The first kappa shape index (κ1) is 20.6. The van der Waals surface area contributed by atoms with Crippen LogP contribution in [0, 0.1) is 5.82 Å². The molecule has 0 radical (unpaired) electrons. The van der Waals surface area contributed by atoms with Crippen molar-refractivity contribution in [2.45, 2.75) is 13.0 Å². The molecule has 150 valence electrons. The summed E-state index contributed by atoms with van der Waals surface area (Å²) >= 11 is 0. The van der Waals surface area contributed by atoms with Gasteiger partial charge in [0.2, 0.25) is 5.91 Å². The van der Waals surface area contributed by atoms with E-state index < -0.39 is 5.82 Å². The van der Waals surface area contributed by atoms with E-state index in [2.05, 4.69) is 17.4 Å². The number of ether oxygens (including phenoxy) is 1. The van der Waals surface area contributed by atoms with Crippen LogP contribution in [0.3, 0.4) is 0 Å². The molecule has 0 aromatic heterocycles. The molecule has 0 fully saturated rings. The van der Waals surface area contributed by atoms with Gasteiger partial charge in [0.15, 0.2) is 11.6 Å². The standard InChI is InChI=1S/C24H25FN2O2/c1-27(16-19-12-13-23(29-2)21(25)15-19)17-24(28)26-22-11-7-6-10-20(22)14-18-8-4-3-5-9-18/h3-13,15H,14,16-17H2,1-2H3,(H,26,28). The van der Waals surface area contributed by atoms with Crippen LogP contribution in [-0.4, -0.2) is 31.5 Å². The third-order valence-corrected chi connectivity index (χ3v) is 4.61. The number of nitrogens with one attached hydrogen (secondary N) is 1. The van der Waals surface area contributed by atoms with E-state index in [1.165, 1.54) is 18.7 Å². The zero-order chi connectivity index (χ0) is 20.6. The van der Waals surface area contributed by atoms with E-state index in [1.807, 2.05) is 54.4 Å². The van der Waals surface area contributed by atoms with Crippen molar-refractivity contribution >= 4 is 11.6 Å². The van der Waals surface area contributed by atoms with Gasteiger partial charge < -0.3 is 10.1 Å². The van der Waals surface area contributed by atoms with Gasteiger partial charge in [0.25, 0.3) is 0 Å². The number of nitrogens with zero attached hydrogens (tertiary/aromatic N) is 1. The number of carbonyl (C=O) groups is 1. The second-order valence-electron chi connectivity index (χ2n) is 7.01. The van der Waals surface area contributed by atoms with E-state index in [-0.39, 0.29) is 18.2 Å². The van der Waals surface area contributed by atoms with Crippen LogP contribution in [0.4, 0.5) is 10.1 Å². The lowest BCUT2D eigenvalue weighted by molar-refractivity contribution is -0.117. The predicted molar refractivity (Wildman–Crippen MR) is 114 cm³/mol. The molecule has 29 heavy (non-hydrogen) atoms. The van der Waals surface area contributed by atoms with Gasteiger partial charge in [-0.25, -0.2) is 4.39 Å². The van der Waals surface area contributed by atoms with Crippen LogP contribution < -0.4 is 10.1 Å². The summed E-state index contributed by atoms with van der Waals surface area (Å²) in [6, 6.07) is 22.8. The van der Waals surface area contributed by atoms with E-state index in [1.54, 1.807) is 12.1 Å². The Morgan fingerprint density at radius 2 is 1.72 bits per heavy atom. The Bertz CT molecular complexity index is 960. The van der Waals surface area contributed by atoms with Crippen LogP contribution in [0.15, 0.2) is 72.8 Å². The first-order valence-electron chi connectivity index (χ1n) is 9.48. The summed E-state index contributed by atoms with van der Waals surface area (Å²) in [5, 5.41) is 3.00. The quantitative estimate of drug-likeness (QED) is 0.614. The van der Waals surface area contributed by atoms with E-state index in [0.29, 0.717) is 6.54 Å². The Kier molecular flexibility index (Phi) is 6.98. The van der Waals surface area contributed by atoms with E-state index in [0.717, 1.165) is 23.2 Å². The van der Waals surface area contributed by atoms with Gasteiger partial charge in [-0.3, -0.25) is 9.69 Å². The average Bonchev–Trinajstić information content (AvgIpc) is 2.70. The topological polar surface area (TPSA) is 41.6 Å². The minimum atomic E-state index is -0.405. The summed E-state index contributed by atoms with van der Waals surface area (Å²) < 4.78 is 18.8. The Balaban J connectivity index is 1.60. The van der Waals surface area contributed by atoms with Crippen LogP contribution in [0.2, 0.25) is 0 Å². The number of carbonyl (C=O) groups excluding carboxylic acids is 1. The molecule has 0 heterocycles. The zero-order valence-corrected chi connectivity index (χ0v) is 16.7. The van der Waals surface area contributed by atoms with Crippen molar-refractivity contribution in [3.05, 3.63) is 95.3 Å². The number of benzene rings is 3. The molecular weight excluding hydrogens is 367 g/mol. The van der Waals surface area contributed by atoms with Gasteiger partial charge in [0.1, 0.15) is 0 Å². The van der Waals surface area contributed by atoms with Gasteiger partial charge in [-0.05, 0) is 48.4 Å². The number of methoxy groups -OCH3 is 1. The third kappa shape index (κ3) is 5.90. The molecule has 0 saturated heterocycles. The third-order valence-electron chi connectivity index (χ3n) is 4.61. The highest BCUT2D eigenvalue weighted by molar-refractivity contribution is 5.93. The van der Waals surface area contributed by atoms with Crippen LogP contribution in [0.5, 0.6) is 5.75 Å². The van der Waals surface area contributed by atoms with Gasteiger partial charge in [0, 0.05) is 12.2 Å². The molecule has 0 unspecified atom stereocenters. The van der Waals surface area contributed by atoms with Crippen LogP contribution in [0.1, 0.15) is 16.7 Å². The molecule has 0 atom stereocenters. The number of para-hydroxylation sites is 1. The summed E-state index contributed by atoms with van der Waals surface area (Å²) in [7, 11) is 3.27. The van der Waals surface area contributed by atoms with Crippen molar-refractivity contribution in [1.82, 2.24) is 4.90 Å². The maximum absolute atomic E-state index is 13.9. The summed E-state index contributed by atoms with van der Waals surface area (Å²) in [6.07, 6.45) is 0.748. The smallest absolute Gasteiger partial charge is 0.238 e. The van der Waals surface area contributed by atoms with Crippen LogP contribution in [-0.2, 0) is 17.8 Å². The number of rotatable bonds is 8. The average molecular weight is 392 g/mol. The highest BCUT2D eigenvalue weighted by atomic mass is 19.1. The number of anilines is 1. The Hall–Kier alpha value is -3.18. The molecule has 0 spiro atoms. The molecular formula is C24H25FN2O2. The van der Waals surface area contributed by atoms with Crippen LogP contribution in [0.25, 0.3) is 0 Å². The van der Waals surface area contributed by atoms with Crippen molar-refractivity contribution in [2.75, 3.05) is 26.0 Å². The largest absolute Gasteiger partial charge is 0.494 e. The van der Waals surface area contributed by atoms with Gasteiger partial charge in [-0.2, -0.15) is 0 Å². The number of hydrogen-bond donors (Lipinski definition) is 1. The Morgan fingerprint density at radius 1 is 1.00 bits per heavy atom. The lowest BCUT2D eigenvalue weighted by atomic mass is 10.0. The fraction of sp³-hybridized carbons (Fsp3) is 0.208. The molecule has 3 aromatic carbocycles. The minimum Gasteiger partial charge on any atom is -0.494 e. The summed E-state index contributed by atoms with van der Waals surface area (Å²) in [4.78, 5) is 14.4. The molecule has 1 amide bonds. The zero-order valence-electron chi connectivity index (χ0n) is 16.7. The van der Waals surface area contributed by atoms with E-state index in [4.69, 9.17) is 4.74 Å². The Labute approximate surface area is 170 Å². The summed E-state index contributed by atoms with van der Waals surface area (Å²) in [5.41, 5.74) is 3.84. The highest BCUT2D eigenvalue weighted by Crippen LogP contribution is 2.20. The maximum Gasteiger partial charge on any atom is 0.238 e. The van der Waals surface area contributed by atoms with Crippen LogP contribution >= 0.6 is 0 Å². The number of halogens is 1. The molecule has 0 aliphatic heterocycles. The van der Waals surface area contributed by atoms with Crippen molar-refractivity contribution in [3.63, 3.8) is 0 Å². The lowest BCUT2D eigenvalue weighted by Gasteiger charge is -2.18. The van der Waals surface area contributed by atoms with Gasteiger partial charge >= 0.3 is 0 Å². The van der Waals surface area contributed by atoms with Crippen molar-refractivity contribution in [3.8, 4) is 5.75 Å². The van der Waals surface area contributed by atoms with E-state index >= 15 is 0 Å². The first-order chi connectivity index (χ1) is 14.0. The molecule has 1 N–H and O–H groups in total. The van der Waals surface area contributed by atoms with Crippen molar-refractivity contribution < 1.29 is 13.9 Å². The number of amides is 1. The molecule has 5 heteroatoms. The Morgan fingerprint density at radius 3 is 2.45 bits per heavy atom. The van der Waals surface area contributed by atoms with Gasteiger partial charge in [0.05, 0.1) is 13.7 Å².